The highest BCUT2D eigenvalue weighted by Crippen LogP contribution is 2.17. The lowest BCUT2D eigenvalue weighted by Crippen LogP contribution is -2.42. The summed E-state index contributed by atoms with van der Waals surface area (Å²) >= 11 is 0. The van der Waals surface area contributed by atoms with Gasteiger partial charge in [-0.1, -0.05) is 0 Å². The van der Waals surface area contributed by atoms with E-state index in [-0.39, 0.29) is 18.1 Å². The summed E-state index contributed by atoms with van der Waals surface area (Å²) in [5.74, 6) is 1.01. The van der Waals surface area contributed by atoms with Crippen molar-refractivity contribution >= 4 is 17.9 Å². The molecule has 1 aromatic rings. The average Bonchev–Trinajstić information content (AvgIpc) is 2.38. The molecule has 0 radical (unpaired) electrons. The number of carbonyl (C=O) groups is 1. The number of nitrogens with two attached hydrogens (primary N) is 1. The minimum Gasteiger partial charge on any atom is -0.450 e. The molecule has 1 fully saturated rings. The van der Waals surface area contributed by atoms with Crippen LogP contribution < -0.4 is 11.1 Å². The summed E-state index contributed by atoms with van der Waals surface area (Å²) in [4.78, 5) is 21.5. The quantitative estimate of drug-likeness (QED) is 0.868. The number of likely N-dealkylation sites (tertiary alicyclic amines) is 1. The number of rotatable bonds is 3. The molecule has 1 aliphatic heterocycles. The van der Waals surface area contributed by atoms with Crippen molar-refractivity contribution < 1.29 is 9.53 Å². The van der Waals surface area contributed by atoms with Gasteiger partial charge in [0.1, 0.15) is 5.82 Å². The minimum atomic E-state index is -0.229. The van der Waals surface area contributed by atoms with E-state index >= 15 is 0 Å². The first-order chi connectivity index (χ1) is 9.58. The monoisotopic (exact) mass is 279 g/mol. The van der Waals surface area contributed by atoms with Crippen molar-refractivity contribution in [3.63, 3.8) is 0 Å². The number of hydrogen-bond donors (Lipinski definition) is 2. The van der Waals surface area contributed by atoms with Crippen LogP contribution in [0.15, 0.2) is 6.07 Å². The van der Waals surface area contributed by atoms with Crippen molar-refractivity contribution in [1.29, 1.82) is 0 Å². The molecule has 0 atom stereocenters. The Hall–Kier alpha value is -2.05. The van der Waals surface area contributed by atoms with Gasteiger partial charge < -0.3 is 20.7 Å². The minimum absolute atomic E-state index is 0.229. The predicted molar refractivity (Wildman–Crippen MR) is 76.4 cm³/mol. The largest absolute Gasteiger partial charge is 0.450 e. The van der Waals surface area contributed by atoms with Crippen LogP contribution in [0.25, 0.3) is 0 Å². The van der Waals surface area contributed by atoms with Gasteiger partial charge in [-0.25, -0.2) is 9.78 Å². The van der Waals surface area contributed by atoms with E-state index < -0.39 is 0 Å². The molecule has 20 heavy (non-hydrogen) atoms. The van der Waals surface area contributed by atoms with Crippen molar-refractivity contribution in [3.8, 4) is 0 Å². The number of carbonyl (C=O) groups excluding carboxylic acids is 1. The van der Waals surface area contributed by atoms with Crippen molar-refractivity contribution in [2.45, 2.75) is 32.7 Å². The number of aryl methyl sites for hydroxylation is 1. The van der Waals surface area contributed by atoms with Gasteiger partial charge in [-0.2, -0.15) is 4.98 Å². The Morgan fingerprint density at radius 1 is 1.50 bits per heavy atom. The number of hydrogen-bond acceptors (Lipinski definition) is 6. The third-order valence-corrected chi connectivity index (χ3v) is 3.24. The first-order valence-electron chi connectivity index (χ1n) is 6.88. The zero-order valence-corrected chi connectivity index (χ0v) is 11.9. The Bertz CT molecular complexity index is 452. The van der Waals surface area contributed by atoms with Gasteiger partial charge in [0.15, 0.2) is 0 Å². The summed E-state index contributed by atoms with van der Waals surface area (Å²) in [6.45, 7) is 5.49. The summed E-state index contributed by atoms with van der Waals surface area (Å²) in [7, 11) is 0. The van der Waals surface area contributed by atoms with Gasteiger partial charge >= 0.3 is 6.09 Å². The van der Waals surface area contributed by atoms with Gasteiger partial charge in [0.05, 0.1) is 6.61 Å². The van der Waals surface area contributed by atoms with E-state index in [0.29, 0.717) is 19.7 Å². The Morgan fingerprint density at radius 3 is 2.80 bits per heavy atom. The second-order valence-corrected chi connectivity index (χ2v) is 4.86. The molecule has 1 amide bonds. The maximum absolute atomic E-state index is 11.6. The molecule has 0 unspecified atom stereocenters. The number of nitrogen functional groups attached to an aromatic ring is 1. The topological polar surface area (TPSA) is 93.4 Å². The zero-order chi connectivity index (χ0) is 14.5. The van der Waals surface area contributed by atoms with E-state index in [1.54, 1.807) is 4.90 Å². The fourth-order valence-electron chi connectivity index (χ4n) is 2.30. The molecule has 0 aliphatic carbocycles. The van der Waals surface area contributed by atoms with Crippen LogP contribution in [0.1, 0.15) is 25.5 Å². The van der Waals surface area contributed by atoms with Crippen LogP contribution in [0, 0.1) is 6.92 Å². The van der Waals surface area contributed by atoms with Gasteiger partial charge in [-0.3, -0.25) is 0 Å². The molecule has 3 N–H and O–H groups in total. The molecule has 2 rings (SSSR count). The van der Waals surface area contributed by atoms with Crippen LogP contribution in [-0.4, -0.2) is 46.7 Å². The third-order valence-electron chi connectivity index (χ3n) is 3.24. The summed E-state index contributed by atoms with van der Waals surface area (Å²) in [6.07, 6.45) is 1.50. The Balaban J connectivity index is 1.86. The van der Waals surface area contributed by atoms with E-state index in [4.69, 9.17) is 10.5 Å². The van der Waals surface area contributed by atoms with Crippen LogP contribution >= 0.6 is 0 Å². The van der Waals surface area contributed by atoms with E-state index in [1.807, 2.05) is 19.9 Å². The molecule has 1 aliphatic rings. The van der Waals surface area contributed by atoms with Crippen molar-refractivity contribution in [2.24, 2.45) is 0 Å². The molecule has 7 nitrogen and oxygen atoms in total. The van der Waals surface area contributed by atoms with Gasteiger partial charge in [0.2, 0.25) is 5.95 Å². The van der Waals surface area contributed by atoms with E-state index in [2.05, 4.69) is 15.3 Å². The van der Waals surface area contributed by atoms with Gasteiger partial charge in [0.25, 0.3) is 0 Å². The maximum Gasteiger partial charge on any atom is 0.409 e. The van der Waals surface area contributed by atoms with Gasteiger partial charge in [-0.15, -0.1) is 0 Å². The summed E-state index contributed by atoms with van der Waals surface area (Å²) in [6, 6.07) is 2.16. The summed E-state index contributed by atoms with van der Waals surface area (Å²) in [5.41, 5.74) is 6.47. The van der Waals surface area contributed by atoms with Crippen molar-refractivity contribution in [1.82, 2.24) is 14.9 Å². The first-order valence-corrected chi connectivity index (χ1v) is 6.88. The van der Waals surface area contributed by atoms with Crippen LogP contribution in [0.3, 0.4) is 0 Å². The smallest absolute Gasteiger partial charge is 0.409 e. The summed E-state index contributed by atoms with van der Waals surface area (Å²) < 4.78 is 5.00. The lowest BCUT2D eigenvalue weighted by Gasteiger charge is -2.31. The van der Waals surface area contributed by atoms with Gasteiger partial charge in [0, 0.05) is 30.9 Å². The molecule has 2 heterocycles. The number of amides is 1. The molecule has 1 saturated heterocycles. The number of nitrogens with zero attached hydrogens (tertiary/aromatic N) is 3. The number of ether oxygens (including phenoxy) is 1. The number of piperidine rings is 1. The lowest BCUT2D eigenvalue weighted by atomic mass is 10.1. The first kappa shape index (κ1) is 14.4. The predicted octanol–water partition coefficient (Wildman–Crippen LogP) is 1.40. The SMILES string of the molecule is CCOC(=O)N1CCC(Nc2cc(C)nc(N)n2)CC1. The number of anilines is 2. The molecule has 1 aromatic heterocycles. The normalized spacial score (nSPS) is 16.0. The van der Waals surface area contributed by atoms with E-state index in [0.717, 1.165) is 24.4 Å². The van der Waals surface area contributed by atoms with E-state index in [1.165, 1.54) is 0 Å². The lowest BCUT2D eigenvalue weighted by molar-refractivity contribution is 0.0983. The fourth-order valence-corrected chi connectivity index (χ4v) is 2.30. The molecule has 110 valence electrons. The Morgan fingerprint density at radius 2 is 2.20 bits per heavy atom. The molecule has 0 bridgehead atoms. The molecule has 0 saturated carbocycles. The standard InChI is InChI=1S/C13H21N5O2/c1-3-20-13(19)18-6-4-10(5-7-18)16-11-8-9(2)15-12(14)17-11/h8,10H,3-7H2,1-2H3,(H3,14,15,16,17). The highest BCUT2D eigenvalue weighted by atomic mass is 16.6. The molecule has 0 spiro atoms. The average molecular weight is 279 g/mol. The van der Waals surface area contributed by atoms with Crippen LogP contribution in [-0.2, 0) is 4.74 Å². The Kier molecular flexibility index (Phi) is 4.60. The highest BCUT2D eigenvalue weighted by molar-refractivity contribution is 5.67. The van der Waals surface area contributed by atoms with Crippen LogP contribution in [0.2, 0.25) is 0 Å². The number of aromatic nitrogens is 2. The fraction of sp³-hybridized carbons (Fsp3) is 0.615. The second-order valence-electron chi connectivity index (χ2n) is 4.86. The molecular weight excluding hydrogens is 258 g/mol. The highest BCUT2D eigenvalue weighted by Gasteiger charge is 2.23. The third kappa shape index (κ3) is 3.72. The summed E-state index contributed by atoms with van der Waals surface area (Å²) in [5, 5.41) is 3.34. The molecular formula is C13H21N5O2. The van der Waals surface area contributed by atoms with Gasteiger partial charge in [-0.05, 0) is 26.7 Å². The zero-order valence-electron chi connectivity index (χ0n) is 11.9. The van der Waals surface area contributed by atoms with E-state index in [9.17, 15) is 4.79 Å². The van der Waals surface area contributed by atoms with Crippen molar-refractivity contribution in [3.05, 3.63) is 11.8 Å². The molecule has 7 heteroatoms. The van der Waals surface area contributed by atoms with Crippen molar-refractivity contribution in [2.75, 3.05) is 30.7 Å². The number of nitrogens with one attached hydrogen (secondary N) is 1. The second kappa shape index (κ2) is 6.40. The molecule has 0 aromatic carbocycles. The van der Waals surface area contributed by atoms with Crippen LogP contribution in [0.4, 0.5) is 16.6 Å². The Labute approximate surface area is 118 Å². The maximum atomic E-state index is 11.6. The van der Waals surface area contributed by atoms with Crippen LogP contribution in [0.5, 0.6) is 0 Å².